The van der Waals surface area contributed by atoms with Crippen LogP contribution in [0.3, 0.4) is 0 Å². The van der Waals surface area contributed by atoms with Gasteiger partial charge >= 0.3 is 6.18 Å². The van der Waals surface area contributed by atoms with E-state index in [4.69, 9.17) is 11.6 Å². The fraction of sp³-hybridized carbons (Fsp3) is 0.429. The van der Waals surface area contributed by atoms with Gasteiger partial charge in [-0.1, -0.05) is 41.6 Å². The van der Waals surface area contributed by atoms with E-state index in [-0.39, 0.29) is 0 Å². The molecule has 106 valence electrons. The van der Waals surface area contributed by atoms with E-state index in [1.165, 1.54) is 12.1 Å². The minimum atomic E-state index is -4.23. The Balaban J connectivity index is 2.37. The second-order valence-electron chi connectivity index (χ2n) is 4.39. The van der Waals surface area contributed by atoms with E-state index in [0.717, 1.165) is 36.6 Å². The van der Waals surface area contributed by atoms with Crippen LogP contribution in [0.1, 0.15) is 24.8 Å². The highest BCUT2D eigenvalue weighted by atomic mass is 35.5. The molecule has 1 rings (SSSR count). The van der Waals surface area contributed by atoms with Gasteiger partial charge in [0.2, 0.25) is 0 Å². The summed E-state index contributed by atoms with van der Waals surface area (Å²) in [6.45, 7) is 0. The number of unbranched alkanes of at least 4 members (excludes halogenated alkanes) is 2. The number of benzene rings is 1. The van der Waals surface area contributed by atoms with Crippen molar-refractivity contribution in [2.45, 2.75) is 31.5 Å². The normalized spacial score (nSPS) is 12.8. The number of allylic oxidation sites excluding steroid dienone is 2. The summed E-state index contributed by atoms with van der Waals surface area (Å²) in [7, 11) is -0.643. The highest BCUT2D eigenvalue weighted by Gasteiger charge is 2.30. The Hall–Kier alpha value is -0.743. The van der Waals surface area contributed by atoms with Crippen molar-refractivity contribution < 1.29 is 13.2 Å². The lowest BCUT2D eigenvalue weighted by Gasteiger charge is -2.07. The molecular formula is C14H18ClF3Si. The first-order valence-electron chi connectivity index (χ1n) is 6.41. The molecule has 0 aromatic heterocycles. The number of hydrogen-bond donors (Lipinski definition) is 0. The molecule has 0 atom stereocenters. The molecule has 5 heteroatoms. The summed E-state index contributed by atoms with van der Waals surface area (Å²) in [6.07, 6.45) is 3.04. The molecule has 0 fully saturated rings. The maximum atomic E-state index is 12.5. The van der Waals surface area contributed by atoms with Gasteiger partial charge in [0.25, 0.3) is 0 Å². The number of rotatable bonds is 7. The van der Waals surface area contributed by atoms with E-state index < -0.39 is 21.3 Å². The Morgan fingerprint density at radius 3 is 2.63 bits per heavy atom. The first kappa shape index (κ1) is 16.3. The molecule has 19 heavy (non-hydrogen) atoms. The highest BCUT2D eigenvalue weighted by Crippen LogP contribution is 2.28. The average molecular weight is 307 g/mol. The second-order valence-corrected chi connectivity index (χ2v) is 6.66. The zero-order valence-electron chi connectivity index (χ0n) is 10.7. The van der Waals surface area contributed by atoms with E-state index in [9.17, 15) is 13.2 Å². The van der Waals surface area contributed by atoms with Gasteiger partial charge in [-0.3, -0.25) is 0 Å². The van der Waals surface area contributed by atoms with E-state index in [2.05, 4.69) is 12.2 Å². The molecule has 0 aliphatic heterocycles. The zero-order valence-corrected chi connectivity index (χ0v) is 12.9. The lowest BCUT2D eigenvalue weighted by Crippen LogP contribution is -2.16. The lowest BCUT2D eigenvalue weighted by atomic mass is 10.2. The minimum Gasteiger partial charge on any atom is -0.166 e. The van der Waals surface area contributed by atoms with Gasteiger partial charge in [0.15, 0.2) is 0 Å². The van der Waals surface area contributed by atoms with Crippen LogP contribution < -0.4 is 5.19 Å². The van der Waals surface area contributed by atoms with E-state index in [1.807, 2.05) is 0 Å². The van der Waals surface area contributed by atoms with Gasteiger partial charge in [0, 0.05) is 5.88 Å². The van der Waals surface area contributed by atoms with Crippen LogP contribution >= 0.6 is 11.6 Å². The molecule has 0 amide bonds. The third kappa shape index (κ3) is 6.83. The molecule has 0 aliphatic carbocycles. The zero-order chi connectivity index (χ0) is 14.1. The van der Waals surface area contributed by atoms with Crippen LogP contribution in [0.25, 0.3) is 0 Å². The van der Waals surface area contributed by atoms with Gasteiger partial charge in [-0.05, 0) is 25.3 Å². The highest BCUT2D eigenvalue weighted by molar-refractivity contribution is 6.53. The van der Waals surface area contributed by atoms with Gasteiger partial charge in [-0.2, -0.15) is 13.2 Å². The van der Waals surface area contributed by atoms with Gasteiger partial charge in [-0.25, -0.2) is 0 Å². The van der Waals surface area contributed by atoms with Crippen molar-refractivity contribution in [2.24, 2.45) is 0 Å². The molecule has 1 aromatic rings. The largest absolute Gasteiger partial charge is 0.416 e. The summed E-state index contributed by atoms with van der Waals surface area (Å²) in [5.41, 5.74) is -0.538. The van der Waals surface area contributed by atoms with Crippen molar-refractivity contribution in [3.8, 4) is 0 Å². The van der Waals surface area contributed by atoms with Crippen molar-refractivity contribution in [1.82, 2.24) is 0 Å². The van der Waals surface area contributed by atoms with Gasteiger partial charge in [0.1, 0.15) is 0 Å². The second kappa shape index (κ2) is 8.43. The van der Waals surface area contributed by atoms with Crippen LogP contribution in [0, 0.1) is 0 Å². The quantitative estimate of drug-likeness (QED) is 0.310. The topological polar surface area (TPSA) is 0 Å². The standard InChI is InChI=1S/C14H18ClF3Si/c15-9-4-2-1-3-5-10-19-13-8-6-7-12(11-13)14(16,17)18/h3,5-8,11H,1-2,4,9-10,19H2. The summed E-state index contributed by atoms with van der Waals surface area (Å²) in [6, 6.07) is 6.60. The summed E-state index contributed by atoms with van der Waals surface area (Å²) >= 11 is 5.56. The molecule has 0 aliphatic rings. The van der Waals surface area contributed by atoms with E-state index in [1.54, 1.807) is 6.07 Å². The minimum absolute atomic E-state index is 0.538. The summed E-state index contributed by atoms with van der Waals surface area (Å²) in [4.78, 5) is 0. The lowest BCUT2D eigenvalue weighted by molar-refractivity contribution is -0.137. The van der Waals surface area contributed by atoms with Crippen LogP contribution in [0.4, 0.5) is 13.2 Å². The van der Waals surface area contributed by atoms with E-state index >= 15 is 0 Å². The van der Waals surface area contributed by atoms with Crippen molar-refractivity contribution in [3.05, 3.63) is 42.0 Å². The van der Waals surface area contributed by atoms with Crippen molar-refractivity contribution in [2.75, 3.05) is 5.88 Å². The monoisotopic (exact) mass is 306 g/mol. The molecule has 0 saturated heterocycles. The Bertz CT molecular complexity index is 402. The summed E-state index contributed by atoms with van der Waals surface area (Å²) < 4.78 is 37.6. The molecule has 0 radical (unpaired) electrons. The maximum absolute atomic E-state index is 12.5. The van der Waals surface area contributed by atoms with Crippen LogP contribution in [-0.2, 0) is 6.18 Å². The van der Waals surface area contributed by atoms with Crippen LogP contribution in [0.2, 0.25) is 6.04 Å². The smallest absolute Gasteiger partial charge is 0.166 e. The predicted octanol–water partition coefficient (Wildman–Crippen LogP) is 3.88. The van der Waals surface area contributed by atoms with Gasteiger partial charge < -0.3 is 0 Å². The molecule has 0 unspecified atom stereocenters. The maximum Gasteiger partial charge on any atom is 0.416 e. The molecule has 0 bridgehead atoms. The van der Waals surface area contributed by atoms with E-state index in [0.29, 0.717) is 5.88 Å². The molecule has 0 spiro atoms. The van der Waals surface area contributed by atoms with Gasteiger partial charge in [-0.15, -0.1) is 11.6 Å². The molecule has 0 heterocycles. The Kier molecular flexibility index (Phi) is 7.24. The van der Waals surface area contributed by atoms with Crippen molar-refractivity contribution in [1.29, 1.82) is 0 Å². The van der Waals surface area contributed by atoms with Gasteiger partial charge in [0.05, 0.1) is 15.1 Å². The molecular weight excluding hydrogens is 289 g/mol. The number of hydrogen-bond acceptors (Lipinski definition) is 0. The van der Waals surface area contributed by atoms with Crippen LogP contribution in [0.15, 0.2) is 36.4 Å². The third-order valence-electron chi connectivity index (χ3n) is 2.78. The molecule has 0 saturated carbocycles. The summed E-state index contributed by atoms with van der Waals surface area (Å²) in [5, 5.41) is 0.861. The predicted molar refractivity (Wildman–Crippen MR) is 78.1 cm³/mol. The first-order chi connectivity index (χ1) is 9.04. The Morgan fingerprint density at radius 2 is 1.95 bits per heavy atom. The third-order valence-corrected chi connectivity index (χ3v) is 4.68. The molecule has 1 aromatic carbocycles. The Labute approximate surface area is 119 Å². The van der Waals surface area contributed by atoms with Crippen molar-refractivity contribution >= 4 is 26.3 Å². The molecule has 0 nitrogen and oxygen atoms in total. The fourth-order valence-electron chi connectivity index (χ4n) is 1.75. The first-order valence-corrected chi connectivity index (χ1v) is 8.65. The summed E-state index contributed by atoms with van der Waals surface area (Å²) in [5.74, 6) is 0.687. The number of alkyl halides is 4. The van der Waals surface area contributed by atoms with Crippen LogP contribution in [0.5, 0.6) is 0 Å². The average Bonchev–Trinajstić information content (AvgIpc) is 2.37. The number of halogens is 4. The SMILES string of the molecule is FC(F)(F)c1cccc([SiH2]CC=CCCCCCl)c1. The van der Waals surface area contributed by atoms with Crippen molar-refractivity contribution in [3.63, 3.8) is 0 Å². The van der Waals surface area contributed by atoms with Crippen LogP contribution in [-0.4, -0.2) is 15.4 Å². The Morgan fingerprint density at radius 1 is 1.16 bits per heavy atom. The molecule has 0 N–H and O–H groups in total. The fourth-order valence-corrected chi connectivity index (χ4v) is 3.34.